The Balaban J connectivity index is 1.29. The number of fused-ring (bicyclic) bond motifs is 1. The smallest absolute Gasteiger partial charge is 0.294 e. The number of rotatable bonds is 6. The van der Waals surface area contributed by atoms with E-state index in [9.17, 15) is 4.79 Å². The molecule has 2 N–H and O–H groups in total. The molecule has 1 unspecified atom stereocenters. The minimum atomic E-state index is -0.431. The molecule has 0 spiro atoms. The predicted molar refractivity (Wildman–Crippen MR) is 118 cm³/mol. The highest BCUT2D eigenvalue weighted by atomic mass is 32.1. The Morgan fingerprint density at radius 1 is 1.25 bits per heavy atom. The maximum Gasteiger partial charge on any atom is 0.294 e. The Hall–Kier alpha value is -3.41. The van der Waals surface area contributed by atoms with Gasteiger partial charge in [-0.25, -0.2) is 30.3 Å². The van der Waals surface area contributed by atoms with E-state index in [4.69, 9.17) is 9.57 Å². The topological polar surface area (TPSA) is 116 Å². The van der Waals surface area contributed by atoms with Crippen molar-refractivity contribution in [3.05, 3.63) is 53.4 Å². The van der Waals surface area contributed by atoms with Crippen LogP contribution < -0.4 is 10.8 Å². The van der Waals surface area contributed by atoms with E-state index < -0.39 is 12.2 Å². The SMILES string of the molecule is Cc1nc2ccccn2c1-c1ccnc(Nc2nc(C(=O)NOC3CCCCO3)cs2)n1. The van der Waals surface area contributed by atoms with Gasteiger partial charge < -0.3 is 10.1 Å². The van der Waals surface area contributed by atoms with Crippen molar-refractivity contribution in [1.82, 2.24) is 29.8 Å². The van der Waals surface area contributed by atoms with Gasteiger partial charge in [0.05, 0.1) is 17.1 Å². The van der Waals surface area contributed by atoms with Crippen molar-refractivity contribution in [1.29, 1.82) is 0 Å². The van der Waals surface area contributed by atoms with Crippen molar-refractivity contribution in [3.8, 4) is 11.4 Å². The highest BCUT2D eigenvalue weighted by Crippen LogP contribution is 2.25. The van der Waals surface area contributed by atoms with Gasteiger partial charge in [-0.1, -0.05) is 6.07 Å². The molecule has 0 radical (unpaired) electrons. The van der Waals surface area contributed by atoms with Crippen LogP contribution in [0.4, 0.5) is 11.1 Å². The lowest BCUT2D eigenvalue weighted by atomic mass is 10.2. The first-order valence-electron chi connectivity index (χ1n) is 10.2. The maximum absolute atomic E-state index is 12.3. The number of nitrogens with one attached hydrogen (secondary N) is 2. The minimum Gasteiger partial charge on any atom is -0.350 e. The number of aryl methyl sites for hydroxylation is 1. The lowest BCUT2D eigenvalue weighted by Crippen LogP contribution is -2.33. The van der Waals surface area contributed by atoms with Gasteiger partial charge in [0, 0.05) is 30.8 Å². The molecule has 1 aliphatic rings. The zero-order valence-corrected chi connectivity index (χ0v) is 18.1. The number of anilines is 2. The second-order valence-corrected chi connectivity index (χ2v) is 8.11. The summed E-state index contributed by atoms with van der Waals surface area (Å²) in [4.78, 5) is 35.4. The first kappa shape index (κ1) is 20.5. The summed E-state index contributed by atoms with van der Waals surface area (Å²) in [5, 5.41) is 5.20. The van der Waals surface area contributed by atoms with Crippen molar-refractivity contribution in [2.75, 3.05) is 11.9 Å². The molecule has 4 aromatic rings. The quantitative estimate of drug-likeness (QED) is 0.428. The third-order valence-electron chi connectivity index (χ3n) is 4.98. The van der Waals surface area contributed by atoms with E-state index in [1.165, 1.54) is 11.3 Å². The molecule has 1 saturated heterocycles. The molecule has 4 aromatic heterocycles. The van der Waals surface area contributed by atoms with E-state index in [-0.39, 0.29) is 5.69 Å². The highest BCUT2D eigenvalue weighted by molar-refractivity contribution is 7.14. The van der Waals surface area contributed by atoms with Gasteiger partial charge in [-0.3, -0.25) is 9.20 Å². The van der Waals surface area contributed by atoms with E-state index in [2.05, 4.69) is 30.7 Å². The minimum absolute atomic E-state index is 0.238. The molecule has 1 atom stereocenters. The number of hydrogen-bond acceptors (Lipinski definition) is 9. The van der Waals surface area contributed by atoms with Crippen LogP contribution in [0.2, 0.25) is 0 Å². The number of nitrogens with zero attached hydrogens (tertiary/aromatic N) is 5. The van der Waals surface area contributed by atoms with Crippen LogP contribution in [0.1, 0.15) is 35.4 Å². The summed E-state index contributed by atoms with van der Waals surface area (Å²) in [6, 6.07) is 7.68. The van der Waals surface area contributed by atoms with Crippen molar-refractivity contribution in [2.24, 2.45) is 0 Å². The van der Waals surface area contributed by atoms with E-state index >= 15 is 0 Å². The second-order valence-electron chi connectivity index (χ2n) is 7.25. The molecule has 5 rings (SSSR count). The van der Waals surface area contributed by atoms with Gasteiger partial charge in [0.15, 0.2) is 11.4 Å². The van der Waals surface area contributed by atoms with Crippen molar-refractivity contribution >= 4 is 34.0 Å². The molecule has 1 fully saturated rings. The molecule has 1 amide bonds. The summed E-state index contributed by atoms with van der Waals surface area (Å²) >= 11 is 1.28. The largest absolute Gasteiger partial charge is 0.350 e. The van der Waals surface area contributed by atoms with Crippen LogP contribution in [-0.2, 0) is 9.57 Å². The zero-order chi connectivity index (χ0) is 21.9. The molecule has 5 heterocycles. The van der Waals surface area contributed by atoms with Crippen LogP contribution in [0.15, 0.2) is 42.0 Å². The van der Waals surface area contributed by atoms with Crippen molar-refractivity contribution < 1.29 is 14.4 Å². The van der Waals surface area contributed by atoms with Crippen molar-refractivity contribution in [2.45, 2.75) is 32.5 Å². The zero-order valence-electron chi connectivity index (χ0n) is 17.3. The monoisotopic (exact) mass is 451 g/mol. The Kier molecular flexibility index (Phi) is 5.75. The Morgan fingerprint density at radius 2 is 2.19 bits per heavy atom. The van der Waals surface area contributed by atoms with Crippen LogP contribution in [0.5, 0.6) is 0 Å². The molecule has 164 valence electrons. The lowest BCUT2D eigenvalue weighted by Gasteiger charge is -2.21. The fourth-order valence-electron chi connectivity index (χ4n) is 3.48. The number of aromatic nitrogens is 5. The maximum atomic E-state index is 12.3. The first-order valence-corrected chi connectivity index (χ1v) is 11.1. The average Bonchev–Trinajstić information content (AvgIpc) is 3.42. The molecule has 0 saturated carbocycles. The summed E-state index contributed by atoms with van der Waals surface area (Å²) < 4.78 is 7.42. The van der Waals surface area contributed by atoms with Crippen LogP contribution in [0.25, 0.3) is 17.0 Å². The number of amides is 1. The number of hydrogen-bond donors (Lipinski definition) is 2. The standard InChI is InChI=1S/C21H21N7O3S/c1-13-18(28-10-4-2-6-16(28)23-13)14-8-9-22-20(24-14)26-21-25-15(12-32-21)19(29)27-31-17-7-3-5-11-30-17/h2,4,6,8-10,12,17H,3,5,7,11H2,1H3,(H,27,29)(H,22,24,25,26). The van der Waals surface area contributed by atoms with Gasteiger partial charge in [-0.15, -0.1) is 11.3 Å². The van der Waals surface area contributed by atoms with Gasteiger partial charge in [-0.2, -0.15) is 0 Å². The number of pyridine rings is 1. The van der Waals surface area contributed by atoms with E-state index in [1.807, 2.05) is 41.8 Å². The normalized spacial score (nSPS) is 16.2. The van der Waals surface area contributed by atoms with Crippen LogP contribution in [0, 0.1) is 6.92 Å². The molecule has 1 aliphatic heterocycles. The molecule has 0 aromatic carbocycles. The number of carbonyl (C=O) groups excluding carboxylic acids is 1. The molecule has 10 nitrogen and oxygen atoms in total. The summed E-state index contributed by atoms with van der Waals surface area (Å²) in [5.74, 6) is -0.0551. The lowest BCUT2D eigenvalue weighted by molar-refractivity contribution is -0.186. The fourth-order valence-corrected chi connectivity index (χ4v) is 4.16. The highest BCUT2D eigenvalue weighted by Gasteiger charge is 2.18. The molecular weight excluding hydrogens is 430 g/mol. The Morgan fingerprint density at radius 3 is 3.06 bits per heavy atom. The number of hydroxylamine groups is 1. The summed E-state index contributed by atoms with van der Waals surface area (Å²) in [6.45, 7) is 2.59. The summed E-state index contributed by atoms with van der Waals surface area (Å²) in [6.07, 6.45) is 5.98. The van der Waals surface area contributed by atoms with Gasteiger partial charge >= 0.3 is 0 Å². The Labute approximate surface area is 187 Å². The second kappa shape index (κ2) is 8.99. The van der Waals surface area contributed by atoms with Gasteiger partial charge in [0.2, 0.25) is 5.95 Å². The third kappa shape index (κ3) is 4.31. The molecule has 11 heteroatoms. The Bertz CT molecular complexity index is 1250. The average molecular weight is 452 g/mol. The predicted octanol–water partition coefficient (Wildman–Crippen LogP) is 3.49. The summed E-state index contributed by atoms with van der Waals surface area (Å²) in [5.41, 5.74) is 6.00. The third-order valence-corrected chi connectivity index (χ3v) is 5.74. The van der Waals surface area contributed by atoms with Crippen LogP contribution in [0.3, 0.4) is 0 Å². The molecular formula is C21H21N7O3S. The number of thiazole rings is 1. The van der Waals surface area contributed by atoms with Gasteiger partial charge in [0.25, 0.3) is 5.91 Å². The summed E-state index contributed by atoms with van der Waals surface area (Å²) in [7, 11) is 0. The molecule has 0 bridgehead atoms. The van der Waals surface area contributed by atoms with E-state index in [0.717, 1.165) is 42.0 Å². The molecule has 32 heavy (non-hydrogen) atoms. The van der Waals surface area contributed by atoms with E-state index in [1.54, 1.807) is 11.6 Å². The van der Waals surface area contributed by atoms with Gasteiger partial charge in [0.1, 0.15) is 11.3 Å². The first-order chi connectivity index (χ1) is 15.7. The fraction of sp³-hybridized carbons (Fsp3) is 0.286. The number of carbonyl (C=O) groups is 1. The van der Waals surface area contributed by atoms with Gasteiger partial charge in [-0.05, 0) is 38.0 Å². The number of imidazole rings is 1. The van der Waals surface area contributed by atoms with Crippen molar-refractivity contribution in [3.63, 3.8) is 0 Å². The van der Waals surface area contributed by atoms with Crippen LogP contribution >= 0.6 is 11.3 Å². The molecule has 0 aliphatic carbocycles. The number of ether oxygens (including phenoxy) is 1. The van der Waals surface area contributed by atoms with Crippen LogP contribution in [-0.4, -0.2) is 43.1 Å². The van der Waals surface area contributed by atoms with E-state index in [0.29, 0.717) is 17.7 Å².